The van der Waals surface area contributed by atoms with Crippen LogP contribution >= 0.6 is 0 Å². The lowest BCUT2D eigenvalue weighted by Crippen LogP contribution is -2.38. The summed E-state index contributed by atoms with van der Waals surface area (Å²) in [6.07, 6.45) is 2.53. The molecule has 0 bridgehead atoms. The molecular formula is C14H22N2. The third-order valence-electron chi connectivity index (χ3n) is 3.54. The molecule has 1 aliphatic rings. The molecule has 0 spiro atoms. The van der Waals surface area contributed by atoms with E-state index in [1.807, 2.05) is 0 Å². The Hall–Kier alpha value is -1.02. The minimum atomic E-state index is 0.656. The van der Waals surface area contributed by atoms with E-state index in [9.17, 15) is 0 Å². The number of aryl methyl sites for hydroxylation is 1. The van der Waals surface area contributed by atoms with Crippen LogP contribution in [0, 0.1) is 6.92 Å². The van der Waals surface area contributed by atoms with Crippen molar-refractivity contribution in [3.8, 4) is 0 Å². The third-order valence-corrected chi connectivity index (χ3v) is 3.54. The van der Waals surface area contributed by atoms with Gasteiger partial charge in [0.25, 0.3) is 0 Å². The Bertz CT molecular complexity index is 327. The molecule has 1 saturated heterocycles. The van der Waals surface area contributed by atoms with Gasteiger partial charge >= 0.3 is 0 Å². The van der Waals surface area contributed by atoms with Gasteiger partial charge in [-0.25, -0.2) is 0 Å². The molecule has 2 heteroatoms. The lowest BCUT2D eigenvalue weighted by molar-refractivity contribution is 0.229. The van der Waals surface area contributed by atoms with Crippen LogP contribution in [0.15, 0.2) is 24.3 Å². The molecule has 1 N–H and O–H groups in total. The van der Waals surface area contributed by atoms with Gasteiger partial charge in [-0.05, 0) is 37.9 Å². The minimum Gasteiger partial charge on any atom is -0.382 e. The Morgan fingerprint density at radius 1 is 1.25 bits per heavy atom. The number of piperidine rings is 1. The summed E-state index contributed by atoms with van der Waals surface area (Å²) >= 11 is 0. The first-order valence-corrected chi connectivity index (χ1v) is 6.34. The summed E-state index contributed by atoms with van der Waals surface area (Å²) in [5, 5.41) is 3.67. The average Bonchev–Trinajstić information content (AvgIpc) is 2.33. The zero-order chi connectivity index (χ0) is 11.4. The maximum absolute atomic E-state index is 3.67. The molecule has 1 aromatic carbocycles. The molecule has 2 rings (SSSR count). The molecule has 2 nitrogen and oxygen atoms in total. The Kier molecular flexibility index (Phi) is 3.83. The summed E-state index contributed by atoms with van der Waals surface area (Å²) in [7, 11) is 0. The zero-order valence-electron chi connectivity index (χ0n) is 10.4. The molecule has 0 aliphatic carbocycles. The molecule has 1 fully saturated rings. The first kappa shape index (κ1) is 11.5. The predicted molar refractivity (Wildman–Crippen MR) is 69.9 cm³/mol. The van der Waals surface area contributed by atoms with Crippen molar-refractivity contribution in [2.45, 2.75) is 32.7 Å². The maximum Gasteiger partial charge on any atom is 0.0372 e. The Balaban J connectivity index is 1.89. The third kappa shape index (κ3) is 2.76. The van der Waals surface area contributed by atoms with Crippen LogP contribution < -0.4 is 5.32 Å². The largest absolute Gasteiger partial charge is 0.382 e. The second-order valence-electron chi connectivity index (χ2n) is 4.67. The standard InChI is InChI=1S/C14H22N2/c1-3-16-10-8-13(9-11-16)15-14-7-5-4-6-12(14)2/h4-7,13,15H,3,8-11H2,1-2H3. The highest BCUT2D eigenvalue weighted by molar-refractivity contribution is 5.50. The molecule has 16 heavy (non-hydrogen) atoms. The number of hydrogen-bond donors (Lipinski definition) is 1. The number of rotatable bonds is 3. The number of nitrogens with zero attached hydrogens (tertiary/aromatic N) is 1. The van der Waals surface area contributed by atoms with Crippen LogP contribution in [-0.2, 0) is 0 Å². The number of hydrogen-bond acceptors (Lipinski definition) is 2. The molecule has 0 aromatic heterocycles. The highest BCUT2D eigenvalue weighted by Gasteiger charge is 2.17. The summed E-state index contributed by atoms with van der Waals surface area (Å²) in [6, 6.07) is 9.21. The minimum absolute atomic E-state index is 0.656. The van der Waals surface area contributed by atoms with Crippen LogP contribution in [0.4, 0.5) is 5.69 Å². The van der Waals surface area contributed by atoms with Gasteiger partial charge < -0.3 is 10.2 Å². The van der Waals surface area contributed by atoms with Gasteiger partial charge in [-0.1, -0.05) is 25.1 Å². The van der Waals surface area contributed by atoms with Crippen molar-refractivity contribution >= 4 is 5.69 Å². The quantitative estimate of drug-likeness (QED) is 0.839. The molecule has 0 saturated carbocycles. The molecule has 0 amide bonds. The number of likely N-dealkylation sites (tertiary alicyclic amines) is 1. The molecule has 1 heterocycles. The van der Waals surface area contributed by atoms with E-state index in [1.54, 1.807) is 0 Å². The summed E-state index contributed by atoms with van der Waals surface area (Å²) in [6.45, 7) is 8.08. The number of nitrogens with one attached hydrogen (secondary N) is 1. The lowest BCUT2D eigenvalue weighted by Gasteiger charge is -2.32. The normalized spacial score (nSPS) is 18.6. The average molecular weight is 218 g/mol. The second kappa shape index (κ2) is 5.35. The molecule has 1 aliphatic heterocycles. The number of benzene rings is 1. The van der Waals surface area contributed by atoms with Crippen molar-refractivity contribution in [1.29, 1.82) is 0 Å². The molecule has 0 atom stereocenters. The molecule has 0 radical (unpaired) electrons. The van der Waals surface area contributed by atoms with E-state index in [1.165, 1.54) is 43.7 Å². The van der Waals surface area contributed by atoms with Crippen LogP contribution in [0.3, 0.4) is 0 Å². The van der Waals surface area contributed by atoms with E-state index in [4.69, 9.17) is 0 Å². The van der Waals surface area contributed by atoms with E-state index in [2.05, 4.69) is 48.3 Å². The SMILES string of the molecule is CCN1CCC(Nc2ccccc2C)CC1. The van der Waals surface area contributed by atoms with Crippen LogP contribution in [0.1, 0.15) is 25.3 Å². The Labute approximate surface area is 98.7 Å². The topological polar surface area (TPSA) is 15.3 Å². The van der Waals surface area contributed by atoms with Gasteiger partial charge in [-0.15, -0.1) is 0 Å². The first-order chi connectivity index (χ1) is 7.79. The van der Waals surface area contributed by atoms with Crippen LogP contribution in [0.2, 0.25) is 0 Å². The van der Waals surface area contributed by atoms with Crippen LogP contribution in [0.25, 0.3) is 0 Å². The fraction of sp³-hybridized carbons (Fsp3) is 0.571. The van der Waals surface area contributed by atoms with Gasteiger partial charge in [0.15, 0.2) is 0 Å². The smallest absolute Gasteiger partial charge is 0.0372 e. The van der Waals surface area contributed by atoms with E-state index in [0.717, 1.165) is 0 Å². The summed E-state index contributed by atoms with van der Waals surface area (Å²) in [5.41, 5.74) is 2.65. The van der Waals surface area contributed by atoms with Gasteiger partial charge in [0, 0.05) is 24.8 Å². The molecule has 1 aromatic rings. The second-order valence-corrected chi connectivity index (χ2v) is 4.67. The first-order valence-electron chi connectivity index (χ1n) is 6.34. The van der Waals surface area contributed by atoms with Crippen molar-refractivity contribution < 1.29 is 0 Å². The predicted octanol–water partition coefficient (Wildman–Crippen LogP) is 2.89. The van der Waals surface area contributed by atoms with E-state index in [-0.39, 0.29) is 0 Å². The fourth-order valence-corrected chi connectivity index (χ4v) is 2.35. The maximum atomic E-state index is 3.67. The van der Waals surface area contributed by atoms with E-state index >= 15 is 0 Å². The van der Waals surface area contributed by atoms with Gasteiger partial charge in [0.2, 0.25) is 0 Å². The van der Waals surface area contributed by atoms with Gasteiger partial charge in [0.1, 0.15) is 0 Å². The Morgan fingerprint density at radius 2 is 1.94 bits per heavy atom. The Morgan fingerprint density at radius 3 is 2.56 bits per heavy atom. The lowest BCUT2D eigenvalue weighted by atomic mass is 10.0. The monoisotopic (exact) mass is 218 g/mol. The summed E-state index contributed by atoms with van der Waals surface area (Å²) in [5.74, 6) is 0. The van der Waals surface area contributed by atoms with Crippen molar-refractivity contribution in [1.82, 2.24) is 4.90 Å². The zero-order valence-corrected chi connectivity index (χ0v) is 10.4. The van der Waals surface area contributed by atoms with E-state index in [0.29, 0.717) is 6.04 Å². The molecular weight excluding hydrogens is 196 g/mol. The van der Waals surface area contributed by atoms with Crippen molar-refractivity contribution in [2.24, 2.45) is 0 Å². The van der Waals surface area contributed by atoms with Crippen molar-refractivity contribution in [2.75, 3.05) is 25.0 Å². The van der Waals surface area contributed by atoms with Crippen LogP contribution in [0.5, 0.6) is 0 Å². The van der Waals surface area contributed by atoms with Crippen LogP contribution in [-0.4, -0.2) is 30.6 Å². The van der Waals surface area contributed by atoms with Crippen molar-refractivity contribution in [3.63, 3.8) is 0 Å². The molecule has 88 valence electrons. The van der Waals surface area contributed by atoms with E-state index < -0.39 is 0 Å². The number of anilines is 1. The number of para-hydroxylation sites is 1. The van der Waals surface area contributed by atoms with Gasteiger partial charge in [-0.2, -0.15) is 0 Å². The summed E-state index contributed by atoms with van der Waals surface area (Å²) < 4.78 is 0. The van der Waals surface area contributed by atoms with Gasteiger partial charge in [-0.3, -0.25) is 0 Å². The summed E-state index contributed by atoms with van der Waals surface area (Å²) in [4.78, 5) is 2.52. The highest BCUT2D eigenvalue weighted by Crippen LogP contribution is 2.19. The van der Waals surface area contributed by atoms with Crippen molar-refractivity contribution in [3.05, 3.63) is 29.8 Å². The molecule has 0 unspecified atom stereocenters. The fourth-order valence-electron chi connectivity index (χ4n) is 2.35. The highest BCUT2D eigenvalue weighted by atomic mass is 15.1. The van der Waals surface area contributed by atoms with Gasteiger partial charge in [0.05, 0.1) is 0 Å².